The fourth-order valence-corrected chi connectivity index (χ4v) is 2.67. The molecule has 0 aromatic heterocycles. The maximum atomic E-state index is 12.8. The van der Waals surface area contributed by atoms with Gasteiger partial charge in [0.05, 0.1) is 11.0 Å². The number of carbonyl (C=O) groups excluding carboxylic acids is 1. The Morgan fingerprint density at radius 1 is 1.35 bits per heavy atom. The maximum absolute atomic E-state index is 12.8. The monoisotopic (exact) mass is 325 g/mol. The molecule has 1 aromatic rings. The van der Waals surface area contributed by atoms with Crippen molar-refractivity contribution < 1.29 is 18.0 Å². The molecule has 0 aliphatic heterocycles. The molecule has 1 unspecified atom stereocenters. The Labute approximate surface area is 124 Å². The van der Waals surface area contributed by atoms with E-state index < -0.39 is 27.4 Å². The first kappa shape index (κ1) is 15.4. The lowest BCUT2D eigenvalue weighted by Crippen LogP contribution is -2.33. The van der Waals surface area contributed by atoms with Gasteiger partial charge in [-0.05, 0) is 25.0 Å². The molecule has 1 atom stereocenters. The standard InChI is InChI=1S/C13H12Cl2F3NO/c1-11(7-12(11,14)15)10(20)19-6-8-4-2-3-5-9(8)13(16,17)18/h2-5H,6-7H2,1H3,(H,19,20). The van der Waals surface area contributed by atoms with Crippen molar-refractivity contribution in [3.63, 3.8) is 0 Å². The van der Waals surface area contributed by atoms with Crippen LogP contribution in [0.1, 0.15) is 24.5 Å². The van der Waals surface area contributed by atoms with E-state index in [0.717, 1.165) is 6.07 Å². The van der Waals surface area contributed by atoms with Gasteiger partial charge in [-0.1, -0.05) is 18.2 Å². The zero-order chi connectivity index (χ0) is 15.2. The van der Waals surface area contributed by atoms with Gasteiger partial charge in [0.2, 0.25) is 5.91 Å². The van der Waals surface area contributed by atoms with Gasteiger partial charge in [0.25, 0.3) is 0 Å². The van der Waals surface area contributed by atoms with E-state index in [2.05, 4.69) is 5.32 Å². The number of hydrogen-bond acceptors (Lipinski definition) is 1. The molecule has 1 saturated carbocycles. The van der Waals surface area contributed by atoms with Crippen LogP contribution in [0.15, 0.2) is 24.3 Å². The zero-order valence-corrected chi connectivity index (χ0v) is 12.0. The molecule has 2 rings (SSSR count). The van der Waals surface area contributed by atoms with Crippen LogP contribution in [0, 0.1) is 5.41 Å². The van der Waals surface area contributed by atoms with Crippen molar-refractivity contribution in [2.75, 3.05) is 0 Å². The van der Waals surface area contributed by atoms with Crippen LogP contribution in [0.5, 0.6) is 0 Å². The molecule has 7 heteroatoms. The number of hydrogen-bond donors (Lipinski definition) is 1. The topological polar surface area (TPSA) is 29.1 Å². The SMILES string of the molecule is CC1(C(=O)NCc2ccccc2C(F)(F)F)CC1(Cl)Cl. The predicted molar refractivity (Wildman–Crippen MR) is 70.5 cm³/mol. The van der Waals surface area contributed by atoms with E-state index in [1.54, 1.807) is 6.92 Å². The summed E-state index contributed by atoms with van der Waals surface area (Å²) in [6.07, 6.45) is -4.16. The number of nitrogens with one attached hydrogen (secondary N) is 1. The van der Waals surface area contributed by atoms with Gasteiger partial charge in [-0.3, -0.25) is 4.79 Å². The van der Waals surface area contributed by atoms with Crippen molar-refractivity contribution in [2.45, 2.75) is 30.4 Å². The summed E-state index contributed by atoms with van der Waals surface area (Å²) in [6, 6.07) is 5.10. The molecular formula is C13H12Cl2F3NO. The lowest BCUT2D eigenvalue weighted by atomic mass is 10.1. The average molecular weight is 326 g/mol. The van der Waals surface area contributed by atoms with Crippen LogP contribution >= 0.6 is 23.2 Å². The highest BCUT2D eigenvalue weighted by Gasteiger charge is 2.67. The number of halogens is 5. The maximum Gasteiger partial charge on any atom is 0.416 e. The third-order valence-electron chi connectivity index (χ3n) is 3.52. The van der Waals surface area contributed by atoms with E-state index in [4.69, 9.17) is 23.2 Å². The fraction of sp³-hybridized carbons (Fsp3) is 0.462. The molecule has 0 radical (unpaired) electrons. The minimum atomic E-state index is -4.45. The van der Waals surface area contributed by atoms with E-state index >= 15 is 0 Å². The lowest BCUT2D eigenvalue weighted by Gasteiger charge is -2.16. The molecule has 2 nitrogen and oxygen atoms in total. The predicted octanol–water partition coefficient (Wildman–Crippen LogP) is 3.91. The van der Waals surface area contributed by atoms with Crippen LogP contribution in [-0.2, 0) is 17.5 Å². The molecule has 20 heavy (non-hydrogen) atoms. The summed E-state index contributed by atoms with van der Waals surface area (Å²) in [4.78, 5) is 11.9. The highest BCUT2D eigenvalue weighted by molar-refractivity contribution is 6.53. The first-order chi connectivity index (χ1) is 9.08. The molecule has 1 aromatic carbocycles. The van der Waals surface area contributed by atoms with Gasteiger partial charge in [-0.15, -0.1) is 23.2 Å². The molecule has 0 saturated heterocycles. The summed E-state index contributed by atoms with van der Waals surface area (Å²) in [6.45, 7) is 1.37. The number of rotatable bonds is 3. The van der Waals surface area contributed by atoms with E-state index in [1.165, 1.54) is 18.2 Å². The van der Waals surface area contributed by atoms with Gasteiger partial charge >= 0.3 is 6.18 Å². The summed E-state index contributed by atoms with van der Waals surface area (Å²) < 4.78 is 37.2. The number of alkyl halides is 5. The molecule has 0 spiro atoms. The first-order valence-electron chi connectivity index (χ1n) is 5.89. The summed E-state index contributed by atoms with van der Waals surface area (Å²) in [5.74, 6) is -0.445. The van der Waals surface area contributed by atoms with Crippen LogP contribution in [-0.4, -0.2) is 10.2 Å². The van der Waals surface area contributed by atoms with Crippen molar-refractivity contribution in [3.05, 3.63) is 35.4 Å². The Hall–Kier alpha value is -0.940. The molecule has 1 amide bonds. The molecule has 0 bridgehead atoms. The molecule has 0 heterocycles. The minimum absolute atomic E-state index is 0.00680. The largest absolute Gasteiger partial charge is 0.416 e. The molecule has 1 aliphatic rings. The van der Waals surface area contributed by atoms with Crippen molar-refractivity contribution >= 4 is 29.1 Å². The molecule has 1 aliphatic carbocycles. The van der Waals surface area contributed by atoms with Crippen LogP contribution < -0.4 is 5.32 Å². The van der Waals surface area contributed by atoms with Crippen molar-refractivity contribution in [1.82, 2.24) is 5.32 Å². The smallest absolute Gasteiger partial charge is 0.351 e. The Bertz CT molecular complexity index is 545. The van der Waals surface area contributed by atoms with Gasteiger partial charge in [0.15, 0.2) is 0 Å². The quantitative estimate of drug-likeness (QED) is 0.839. The second kappa shape index (κ2) is 4.81. The zero-order valence-electron chi connectivity index (χ0n) is 10.5. The van der Waals surface area contributed by atoms with E-state index in [0.29, 0.717) is 0 Å². The second-order valence-corrected chi connectivity index (χ2v) is 6.53. The number of amides is 1. The van der Waals surface area contributed by atoms with Crippen LogP contribution in [0.2, 0.25) is 0 Å². The van der Waals surface area contributed by atoms with E-state index in [-0.39, 0.29) is 18.5 Å². The van der Waals surface area contributed by atoms with Crippen molar-refractivity contribution in [3.8, 4) is 0 Å². The third-order valence-corrected chi connectivity index (χ3v) is 4.62. The third kappa shape index (κ3) is 2.74. The number of benzene rings is 1. The number of carbonyl (C=O) groups is 1. The lowest BCUT2D eigenvalue weighted by molar-refractivity contribution is -0.138. The van der Waals surface area contributed by atoms with Gasteiger partial charge in [0.1, 0.15) is 4.33 Å². The van der Waals surface area contributed by atoms with Gasteiger partial charge in [-0.25, -0.2) is 0 Å². The molecular weight excluding hydrogens is 314 g/mol. The summed E-state index contributed by atoms with van der Waals surface area (Å²) in [5.41, 5.74) is -1.69. The van der Waals surface area contributed by atoms with Gasteiger partial charge in [-0.2, -0.15) is 13.2 Å². The Balaban J connectivity index is 2.08. The summed E-state index contributed by atoms with van der Waals surface area (Å²) in [5, 5.41) is 2.46. The average Bonchev–Trinajstić information content (AvgIpc) is 2.86. The van der Waals surface area contributed by atoms with E-state index in [9.17, 15) is 18.0 Å². The Kier molecular flexibility index (Phi) is 3.71. The van der Waals surface area contributed by atoms with Crippen LogP contribution in [0.25, 0.3) is 0 Å². The van der Waals surface area contributed by atoms with Crippen LogP contribution in [0.4, 0.5) is 13.2 Å². The molecule has 1 fully saturated rings. The van der Waals surface area contributed by atoms with Crippen molar-refractivity contribution in [1.29, 1.82) is 0 Å². The summed E-state index contributed by atoms with van der Waals surface area (Å²) >= 11 is 11.7. The molecule has 110 valence electrons. The summed E-state index contributed by atoms with van der Waals surface area (Å²) in [7, 11) is 0. The normalized spacial score (nSPS) is 24.3. The highest BCUT2D eigenvalue weighted by atomic mass is 35.5. The Morgan fingerprint density at radius 3 is 2.40 bits per heavy atom. The van der Waals surface area contributed by atoms with E-state index in [1.807, 2.05) is 0 Å². The minimum Gasteiger partial charge on any atom is -0.351 e. The van der Waals surface area contributed by atoms with Crippen LogP contribution in [0.3, 0.4) is 0 Å². The molecule has 1 N–H and O–H groups in total. The fourth-order valence-electron chi connectivity index (χ4n) is 1.97. The Morgan fingerprint density at radius 2 is 1.90 bits per heavy atom. The highest BCUT2D eigenvalue weighted by Crippen LogP contribution is 2.63. The van der Waals surface area contributed by atoms with Gasteiger partial charge < -0.3 is 5.32 Å². The second-order valence-electron chi connectivity index (χ2n) is 5.05. The van der Waals surface area contributed by atoms with Crippen molar-refractivity contribution in [2.24, 2.45) is 5.41 Å². The van der Waals surface area contributed by atoms with Gasteiger partial charge in [0, 0.05) is 6.54 Å². The first-order valence-corrected chi connectivity index (χ1v) is 6.65.